The molecule has 0 radical (unpaired) electrons. The summed E-state index contributed by atoms with van der Waals surface area (Å²) in [5.41, 5.74) is 7.14. The first-order chi connectivity index (χ1) is 8.58. The Bertz CT molecular complexity index is 453. The summed E-state index contributed by atoms with van der Waals surface area (Å²) in [7, 11) is 0. The molecule has 1 aromatic carbocycles. The predicted octanol–water partition coefficient (Wildman–Crippen LogP) is 1.48. The lowest BCUT2D eigenvalue weighted by molar-refractivity contribution is 0.0906. The van der Waals surface area contributed by atoms with Gasteiger partial charge in [0, 0.05) is 24.1 Å². The van der Waals surface area contributed by atoms with Crippen molar-refractivity contribution in [3.8, 4) is 5.75 Å². The number of nitrogens with one attached hydrogen (secondary N) is 1. The highest BCUT2D eigenvalue weighted by molar-refractivity contribution is 5.95. The molecule has 1 aliphatic rings. The quantitative estimate of drug-likeness (QED) is 0.848. The number of carbonyl (C=O) groups excluding carboxylic acids is 1. The molecule has 1 heterocycles. The lowest BCUT2D eigenvalue weighted by Gasteiger charge is -2.28. The molecule has 1 aromatic rings. The van der Waals surface area contributed by atoms with E-state index in [4.69, 9.17) is 10.5 Å². The highest BCUT2D eigenvalue weighted by Crippen LogP contribution is 2.26. The summed E-state index contributed by atoms with van der Waals surface area (Å²) in [6, 6.07) is 5.57. The van der Waals surface area contributed by atoms with Crippen molar-refractivity contribution in [3.05, 3.63) is 29.3 Å². The summed E-state index contributed by atoms with van der Waals surface area (Å²) < 4.78 is 5.42. The monoisotopic (exact) mass is 248 g/mol. The van der Waals surface area contributed by atoms with Crippen LogP contribution in [0.25, 0.3) is 0 Å². The Morgan fingerprint density at radius 2 is 2.33 bits per heavy atom. The van der Waals surface area contributed by atoms with Crippen molar-refractivity contribution in [2.24, 2.45) is 5.73 Å². The number of carbonyl (C=O) groups is 1. The molecule has 0 fully saturated rings. The van der Waals surface area contributed by atoms with E-state index in [2.05, 4.69) is 5.32 Å². The molecule has 1 aliphatic heterocycles. The third kappa shape index (κ3) is 2.48. The average molecular weight is 248 g/mol. The van der Waals surface area contributed by atoms with Gasteiger partial charge >= 0.3 is 0 Å². The first-order valence-corrected chi connectivity index (χ1v) is 6.36. The fourth-order valence-corrected chi connectivity index (χ4v) is 1.96. The molecule has 0 spiro atoms. The fourth-order valence-electron chi connectivity index (χ4n) is 1.96. The van der Waals surface area contributed by atoms with Crippen LogP contribution in [0.15, 0.2) is 18.2 Å². The van der Waals surface area contributed by atoms with E-state index in [1.54, 1.807) is 6.07 Å². The van der Waals surface area contributed by atoms with E-state index in [0.29, 0.717) is 18.7 Å². The lowest BCUT2D eigenvalue weighted by atomic mass is 9.98. The molecule has 18 heavy (non-hydrogen) atoms. The summed E-state index contributed by atoms with van der Waals surface area (Å²) in [4.78, 5) is 12.2. The van der Waals surface area contributed by atoms with Gasteiger partial charge in [-0.1, -0.05) is 6.92 Å². The van der Waals surface area contributed by atoms with Gasteiger partial charge in [0.1, 0.15) is 5.75 Å². The maximum absolute atomic E-state index is 12.2. The van der Waals surface area contributed by atoms with Crippen molar-refractivity contribution in [3.63, 3.8) is 0 Å². The minimum atomic E-state index is -0.341. The van der Waals surface area contributed by atoms with Crippen LogP contribution in [0.2, 0.25) is 0 Å². The summed E-state index contributed by atoms with van der Waals surface area (Å²) in [5, 5.41) is 3.00. The molecule has 0 aromatic heterocycles. The molecule has 1 atom stereocenters. The molecule has 4 heteroatoms. The zero-order chi connectivity index (χ0) is 13.2. The number of hydrogen-bond donors (Lipinski definition) is 2. The van der Waals surface area contributed by atoms with E-state index in [1.165, 1.54) is 0 Å². The van der Waals surface area contributed by atoms with E-state index < -0.39 is 0 Å². The Hall–Kier alpha value is -1.55. The van der Waals surface area contributed by atoms with Crippen LogP contribution in [0.5, 0.6) is 5.75 Å². The maximum atomic E-state index is 12.2. The summed E-state index contributed by atoms with van der Waals surface area (Å²) in [6.07, 6.45) is 1.68. The van der Waals surface area contributed by atoms with Crippen LogP contribution >= 0.6 is 0 Å². The number of rotatable bonds is 4. The van der Waals surface area contributed by atoms with Crippen molar-refractivity contribution in [2.75, 3.05) is 13.2 Å². The molecule has 2 rings (SSSR count). The molecule has 1 unspecified atom stereocenters. The van der Waals surface area contributed by atoms with Crippen LogP contribution in [0.1, 0.15) is 36.2 Å². The van der Waals surface area contributed by atoms with E-state index in [9.17, 15) is 4.79 Å². The Balaban J connectivity index is 2.14. The van der Waals surface area contributed by atoms with Crippen molar-refractivity contribution in [2.45, 2.75) is 32.2 Å². The van der Waals surface area contributed by atoms with Gasteiger partial charge in [0.25, 0.3) is 5.91 Å². The van der Waals surface area contributed by atoms with Crippen molar-refractivity contribution in [1.29, 1.82) is 0 Å². The molecular weight excluding hydrogens is 228 g/mol. The smallest absolute Gasteiger partial charge is 0.251 e. The number of fused-ring (bicyclic) bond motifs is 1. The highest BCUT2D eigenvalue weighted by Gasteiger charge is 2.23. The topological polar surface area (TPSA) is 64.3 Å². The van der Waals surface area contributed by atoms with Crippen LogP contribution in [-0.4, -0.2) is 24.6 Å². The van der Waals surface area contributed by atoms with E-state index in [-0.39, 0.29) is 11.4 Å². The minimum absolute atomic E-state index is 0.0699. The lowest BCUT2D eigenvalue weighted by Crippen LogP contribution is -2.50. The van der Waals surface area contributed by atoms with Gasteiger partial charge in [0.15, 0.2) is 0 Å². The Morgan fingerprint density at radius 3 is 3.00 bits per heavy atom. The maximum Gasteiger partial charge on any atom is 0.251 e. The molecule has 0 saturated heterocycles. The fraction of sp³-hybridized carbons (Fsp3) is 0.500. The van der Waals surface area contributed by atoms with Crippen LogP contribution < -0.4 is 15.8 Å². The Labute approximate surface area is 108 Å². The van der Waals surface area contributed by atoms with Crippen molar-refractivity contribution < 1.29 is 9.53 Å². The SMILES string of the molecule is CCC(C)(CN)NC(=O)c1ccc2c(c1)CCO2. The molecule has 3 N–H and O–H groups in total. The van der Waals surface area contributed by atoms with Gasteiger partial charge in [-0.2, -0.15) is 0 Å². The van der Waals surface area contributed by atoms with Gasteiger partial charge in [-0.05, 0) is 37.1 Å². The number of benzene rings is 1. The predicted molar refractivity (Wildman–Crippen MR) is 70.9 cm³/mol. The van der Waals surface area contributed by atoms with Gasteiger partial charge in [0.05, 0.1) is 6.61 Å². The molecule has 1 amide bonds. The standard InChI is InChI=1S/C14H20N2O2/c1-3-14(2,9-15)16-13(17)11-4-5-12-10(8-11)6-7-18-12/h4-5,8H,3,6-7,9,15H2,1-2H3,(H,16,17). The second-order valence-electron chi connectivity index (χ2n) is 4.99. The number of amides is 1. The summed E-state index contributed by atoms with van der Waals surface area (Å²) in [5.74, 6) is 0.822. The Kier molecular flexibility index (Phi) is 3.57. The van der Waals surface area contributed by atoms with E-state index >= 15 is 0 Å². The van der Waals surface area contributed by atoms with E-state index in [0.717, 1.165) is 24.2 Å². The molecule has 0 saturated carbocycles. The second-order valence-corrected chi connectivity index (χ2v) is 4.99. The Morgan fingerprint density at radius 1 is 1.56 bits per heavy atom. The van der Waals surface area contributed by atoms with Crippen LogP contribution in [0.3, 0.4) is 0 Å². The van der Waals surface area contributed by atoms with Gasteiger partial charge in [-0.25, -0.2) is 0 Å². The largest absolute Gasteiger partial charge is 0.493 e. The zero-order valence-corrected chi connectivity index (χ0v) is 11.0. The number of nitrogens with two attached hydrogens (primary N) is 1. The van der Waals surface area contributed by atoms with Gasteiger partial charge in [-0.3, -0.25) is 4.79 Å². The van der Waals surface area contributed by atoms with Crippen LogP contribution in [0, 0.1) is 0 Å². The average Bonchev–Trinajstić information content (AvgIpc) is 2.85. The molecule has 0 aliphatic carbocycles. The normalized spacial score (nSPS) is 16.6. The van der Waals surface area contributed by atoms with Crippen LogP contribution in [0.4, 0.5) is 0 Å². The molecule has 98 valence electrons. The first-order valence-electron chi connectivity index (χ1n) is 6.36. The van der Waals surface area contributed by atoms with Crippen LogP contribution in [-0.2, 0) is 6.42 Å². The van der Waals surface area contributed by atoms with Gasteiger partial charge in [0.2, 0.25) is 0 Å². The van der Waals surface area contributed by atoms with Crippen molar-refractivity contribution in [1.82, 2.24) is 5.32 Å². The summed E-state index contributed by atoms with van der Waals surface area (Å²) >= 11 is 0. The number of hydrogen-bond acceptors (Lipinski definition) is 3. The molecule has 4 nitrogen and oxygen atoms in total. The minimum Gasteiger partial charge on any atom is -0.493 e. The molecule has 0 bridgehead atoms. The van der Waals surface area contributed by atoms with Gasteiger partial charge < -0.3 is 15.8 Å². The third-order valence-electron chi connectivity index (χ3n) is 3.60. The molecular formula is C14H20N2O2. The van der Waals surface area contributed by atoms with Gasteiger partial charge in [-0.15, -0.1) is 0 Å². The third-order valence-corrected chi connectivity index (χ3v) is 3.60. The highest BCUT2D eigenvalue weighted by atomic mass is 16.5. The first kappa shape index (κ1) is 12.9. The zero-order valence-electron chi connectivity index (χ0n) is 11.0. The van der Waals surface area contributed by atoms with E-state index in [1.807, 2.05) is 26.0 Å². The van der Waals surface area contributed by atoms with Crippen molar-refractivity contribution >= 4 is 5.91 Å². The number of ether oxygens (including phenoxy) is 1. The summed E-state index contributed by atoms with van der Waals surface area (Å²) in [6.45, 7) is 5.12. The second kappa shape index (κ2) is 4.98.